The molecule has 274 valence electrons. The first-order valence-corrected chi connectivity index (χ1v) is 20.2. The lowest BCUT2D eigenvalue weighted by Crippen LogP contribution is -2.44. The average molecular weight is 723 g/mol. The fraction of sp³-hybridized carbons (Fsp3) is 0.514. The number of esters is 1. The van der Waals surface area contributed by atoms with E-state index in [1.807, 2.05) is 24.3 Å². The molecule has 0 unspecified atom stereocenters. The number of rotatable bonds is 13. The third kappa shape index (κ3) is 6.73. The van der Waals surface area contributed by atoms with Crippen molar-refractivity contribution < 1.29 is 52.4 Å². The second kappa shape index (κ2) is 13.8. The molecule has 51 heavy (non-hydrogen) atoms. The predicted molar refractivity (Wildman–Crippen MR) is 187 cm³/mol. The molecule has 0 spiro atoms. The van der Waals surface area contributed by atoms with Gasteiger partial charge in [0.05, 0.1) is 32.8 Å². The van der Waals surface area contributed by atoms with Crippen molar-refractivity contribution >= 4 is 32.1 Å². The van der Waals surface area contributed by atoms with Gasteiger partial charge in [-0.05, 0) is 71.9 Å². The number of nitrogens with zero attached hydrogens (tertiary/aromatic N) is 1. The van der Waals surface area contributed by atoms with Crippen LogP contribution in [0.25, 0.3) is 0 Å². The number of ether oxygens (including phenoxy) is 5. The molecule has 2 aromatic carbocycles. The van der Waals surface area contributed by atoms with E-state index in [9.17, 15) is 19.2 Å². The molecule has 4 atom stereocenters. The molecule has 0 saturated carbocycles. The quantitative estimate of drug-likeness (QED) is 0.119. The molecular weight excluding hydrogens is 676 g/mol. The van der Waals surface area contributed by atoms with Crippen LogP contribution in [0.15, 0.2) is 36.0 Å². The molecule has 0 aromatic heterocycles. The number of hydrogen-bond donors (Lipinski definition) is 2. The van der Waals surface area contributed by atoms with Crippen LogP contribution >= 0.6 is 0 Å². The predicted octanol–water partition coefficient (Wildman–Crippen LogP) is 5.28. The molecule has 4 aliphatic rings. The van der Waals surface area contributed by atoms with Crippen molar-refractivity contribution in [1.82, 2.24) is 10.2 Å². The Hall–Kier alpha value is -4.72. The maximum Gasteiger partial charge on any atom is 0.310 e. The Balaban J connectivity index is 1.38. The van der Waals surface area contributed by atoms with Crippen molar-refractivity contribution in [3.8, 4) is 28.7 Å². The number of unbranched alkanes of at least 4 members (excludes halogenated alkanes) is 2. The maximum atomic E-state index is 13.7. The first-order chi connectivity index (χ1) is 24.1. The van der Waals surface area contributed by atoms with Gasteiger partial charge in [0.15, 0.2) is 28.7 Å². The molecule has 14 heteroatoms. The Morgan fingerprint density at radius 3 is 2.22 bits per heavy atom. The molecule has 3 aliphatic heterocycles. The maximum absolute atomic E-state index is 13.7. The van der Waals surface area contributed by atoms with Gasteiger partial charge in [-0.25, -0.2) is 0 Å². The normalized spacial score (nSPS) is 22.3. The SMILES string of the molecule is COc1cc([C@@H]2c3cc4c(cc3[C@@H](NC3=CC(=O)N(CCCCCC(=O)O)C3=O)[C@H]3COC(=O)[C@H]23)OCO4)cc(OC)c1O[Si](C)(C)C(C)(C)C. The Labute approximate surface area is 298 Å². The van der Waals surface area contributed by atoms with Crippen molar-refractivity contribution in [1.29, 1.82) is 0 Å². The van der Waals surface area contributed by atoms with Gasteiger partial charge in [0.2, 0.25) is 6.79 Å². The Morgan fingerprint density at radius 2 is 1.61 bits per heavy atom. The van der Waals surface area contributed by atoms with Gasteiger partial charge in [0.1, 0.15) is 5.70 Å². The highest BCUT2D eigenvalue weighted by Gasteiger charge is 2.53. The summed E-state index contributed by atoms with van der Waals surface area (Å²) in [6, 6.07) is 6.92. The fourth-order valence-electron chi connectivity index (χ4n) is 7.05. The van der Waals surface area contributed by atoms with Crippen molar-refractivity contribution in [2.24, 2.45) is 11.8 Å². The third-order valence-electron chi connectivity index (χ3n) is 10.8. The van der Waals surface area contributed by atoms with Crippen LogP contribution in [0.3, 0.4) is 0 Å². The summed E-state index contributed by atoms with van der Waals surface area (Å²) >= 11 is 0. The molecule has 1 aliphatic carbocycles. The number of benzene rings is 2. The second-order valence-electron chi connectivity index (χ2n) is 14.9. The van der Waals surface area contributed by atoms with Crippen LogP contribution in [-0.2, 0) is 23.9 Å². The van der Waals surface area contributed by atoms with E-state index in [0.29, 0.717) is 48.0 Å². The summed E-state index contributed by atoms with van der Waals surface area (Å²) in [5, 5.41) is 12.1. The highest BCUT2D eigenvalue weighted by molar-refractivity contribution is 6.74. The number of carboxylic acids is 1. The Bertz CT molecular complexity index is 1760. The zero-order chi connectivity index (χ0) is 36.8. The number of carboxylic acid groups (broad SMARTS) is 1. The minimum atomic E-state index is -2.31. The molecular formula is C37H46N2O11Si. The van der Waals surface area contributed by atoms with E-state index < -0.39 is 49.9 Å². The second-order valence-corrected chi connectivity index (χ2v) is 19.7. The number of cyclic esters (lactones) is 1. The number of nitrogens with one attached hydrogen (secondary N) is 1. The summed E-state index contributed by atoms with van der Waals surface area (Å²) in [4.78, 5) is 52.2. The van der Waals surface area contributed by atoms with Crippen molar-refractivity contribution in [3.05, 3.63) is 52.7 Å². The van der Waals surface area contributed by atoms with E-state index in [4.69, 9.17) is 33.2 Å². The Kier molecular flexibility index (Phi) is 9.74. The number of hydrogen-bond acceptors (Lipinski definition) is 11. The summed E-state index contributed by atoms with van der Waals surface area (Å²) in [6.45, 7) is 11.1. The number of amides is 2. The van der Waals surface area contributed by atoms with Crippen LogP contribution in [0, 0.1) is 11.8 Å². The van der Waals surface area contributed by atoms with Crippen molar-refractivity contribution in [2.45, 2.75) is 76.5 Å². The highest BCUT2D eigenvalue weighted by Crippen LogP contribution is 2.56. The Morgan fingerprint density at radius 1 is 0.961 bits per heavy atom. The van der Waals surface area contributed by atoms with Gasteiger partial charge in [0.25, 0.3) is 20.1 Å². The van der Waals surface area contributed by atoms with Gasteiger partial charge in [0, 0.05) is 30.9 Å². The largest absolute Gasteiger partial charge is 0.539 e. The molecule has 2 N–H and O–H groups in total. The van der Waals surface area contributed by atoms with E-state index >= 15 is 0 Å². The lowest BCUT2D eigenvalue weighted by atomic mass is 9.65. The molecule has 1 saturated heterocycles. The summed E-state index contributed by atoms with van der Waals surface area (Å²) in [6.07, 6.45) is 2.83. The smallest absolute Gasteiger partial charge is 0.310 e. The van der Waals surface area contributed by atoms with E-state index in [1.165, 1.54) is 6.08 Å². The minimum absolute atomic E-state index is 0.0330. The van der Waals surface area contributed by atoms with Gasteiger partial charge in [-0.1, -0.05) is 27.2 Å². The average Bonchev–Trinajstić information content (AvgIpc) is 3.76. The van der Waals surface area contributed by atoms with Gasteiger partial charge in [-0.15, -0.1) is 0 Å². The van der Waals surface area contributed by atoms with Crippen LogP contribution in [-0.4, -0.2) is 76.2 Å². The number of carbonyl (C=O) groups excluding carboxylic acids is 3. The molecule has 0 bridgehead atoms. The van der Waals surface area contributed by atoms with E-state index in [0.717, 1.165) is 21.6 Å². The van der Waals surface area contributed by atoms with Gasteiger partial charge in [-0.3, -0.25) is 24.1 Å². The summed E-state index contributed by atoms with van der Waals surface area (Å²) in [5.41, 5.74) is 2.41. The number of fused-ring (bicyclic) bond motifs is 3. The lowest BCUT2D eigenvalue weighted by molar-refractivity contribution is -0.142. The molecule has 2 aromatic rings. The van der Waals surface area contributed by atoms with Crippen LogP contribution in [0.2, 0.25) is 18.1 Å². The summed E-state index contributed by atoms with van der Waals surface area (Å²) < 4.78 is 35.8. The van der Waals surface area contributed by atoms with Gasteiger partial charge in [-0.2, -0.15) is 0 Å². The monoisotopic (exact) mass is 722 g/mol. The molecule has 6 rings (SSSR count). The third-order valence-corrected chi connectivity index (χ3v) is 15.1. The zero-order valence-electron chi connectivity index (χ0n) is 30.1. The van der Waals surface area contributed by atoms with Crippen LogP contribution in [0.1, 0.15) is 75.1 Å². The summed E-state index contributed by atoms with van der Waals surface area (Å²) in [5.74, 6) is -1.30. The lowest BCUT2D eigenvalue weighted by Gasteiger charge is -2.40. The first kappa shape index (κ1) is 36.1. The standard InChI is InChI=1S/C37H46N2O11Si/c1-37(2,3)51(6,7)50-34-27(45-4)13-20(14-28(34)46-5)31-21-15-25-26(49-19-48-25)16-22(21)33(23-18-47-36(44)32(23)31)38-24-17-29(40)39(35(24)43)12-10-8-9-11-30(41)42/h13-17,23,31-33,38H,8-12,18-19H2,1-7H3,(H,41,42)/t23-,31+,32-,33+/m0/s1. The molecule has 1 fully saturated rings. The van der Waals surface area contributed by atoms with E-state index in [2.05, 4.69) is 39.2 Å². The first-order valence-electron chi connectivity index (χ1n) is 17.3. The van der Waals surface area contributed by atoms with Gasteiger partial charge >= 0.3 is 11.9 Å². The number of methoxy groups -OCH3 is 2. The fourth-order valence-corrected chi connectivity index (χ4v) is 8.07. The van der Waals surface area contributed by atoms with E-state index in [-0.39, 0.29) is 43.1 Å². The van der Waals surface area contributed by atoms with Crippen LogP contribution in [0.4, 0.5) is 0 Å². The van der Waals surface area contributed by atoms with E-state index in [1.54, 1.807) is 14.2 Å². The van der Waals surface area contributed by atoms with Crippen molar-refractivity contribution in [2.75, 3.05) is 34.2 Å². The molecule has 3 heterocycles. The van der Waals surface area contributed by atoms with Crippen LogP contribution in [0.5, 0.6) is 28.7 Å². The molecule has 2 amide bonds. The number of imide groups is 1. The minimum Gasteiger partial charge on any atom is -0.539 e. The zero-order valence-corrected chi connectivity index (χ0v) is 31.1. The molecule has 0 radical (unpaired) electrons. The van der Waals surface area contributed by atoms with Crippen molar-refractivity contribution in [3.63, 3.8) is 0 Å². The number of aliphatic carboxylic acids is 1. The van der Waals surface area contributed by atoms with Gasteiger partial charge < -0.3 is 38.5 Å². The molecule has 13 nitrogen and oxygen atoms in total. The highest BCUT2D eigenvalue weighted by atomic mass is 28.4. The summed E-state index contributed by atoms with van der Waals surface area (Å²) in [7, 11) is 0.833. The topological polar surface area (TPSA) is 159 Å². The van der Waals surface area contributed by atoms with Crippen LogP contribution < -0.4 is 28.7 Å². The number of carbonyl (C=O) groups is 4.